The molecule has 0 unspecified atom stereocenters. The lowest BCUT2D eigenvalue weighted by molar-refractivity contribution is -0.117. The van der Waals surface area contributed by atoms with E-state index in [1.165, 1.54) is 16.7 Å². The van der Waals surface area contributed by atoms with Crippen LogP contribution in [0.1, 0.15) is 23.1 Å². The second-order valence-corrected chi connectivity index (χ2v) is 7.32. The molecule has 1 amide bonds. The lowest BCUT2D eigenvalue weighted by atomic mass is 10.1. The van der Waals surface area contributed by atoms with Gasteiger partial charge in [-0.3, -0.25) is 14.6 Å². The summed E-state index contributed by atoms with van der Waals surface area (Å²) in [6, 6.07) is 16.8. The average Bonchev–Trinajstić information content (AvgIpc) is 2.80. The summed E-state index contributed by atoms with van der Waals surface area (Å²) in [5.41, 5.74) is 4.60. The Balaban J connectivity index is 1.48. The van der Waals surface area contributed by atoms with Gasteiger partial charge in [-0.1, -0.05) is 36.4 Å². The SMILES string of the molecule is Cc1cc(C)cc(NC(=O)CN2CCCN(Cc3ccccc3)CC2)c1. The van der Waals surface area contributed by atoms with Crippen molar-refractivity contribution in [2.24, 2.45) is 0 Å². The van der Waals surface area contributed by atoms with E-state index in [-0.39, 0.29) is 5.91 Å². The zero-order valence-corrected chi connectivity index (χ0v) is 15.9. The second kappa shape index (κ2) is 8.97. The normalized spacial score (nSPS) is 16.2. The van der Waals surface area contributed by atoms with Crippen molar-refractivity contribution in [3.05, 3.63) is 65.2 Å². The summed E-state index contributed by atoms with van der Waals surface area (Å²) in [4.78, 5) is 17.2. The minimum atomic E-state index is 0.0755. The molecule has 1 fully saturated rings. The van der Waals surface area contributed by atoms with Crippen molar-refractivity contribution in [2.45, 2.75) is 26.8 Å². The first-order valence-electron chi connectivity index (χ1n) is 9.45. The summed E-state index contributed by atoms with van der Waals surface area (Å²) in [5.74, 6) is 0.0755. The first-order valence-corrected chi connectivity index (χ1v) is 9.45. The maximum atomic E-state index is 12.4. The summed E-state index contributed by atoms with van der Waals surface area (Å²) >= 11 is 0. The molecular formula is C22H29N3O. The Hall–Kier alpha value is -2.17. The van der Waals surface area contributed by atoms with Gasteiger partial charge in [-0.05, 0) is 62.2 Å². The van der Waals surface area contributed by atoms with E-state index >= 15 is 0 Å². The Morgan fingerprint density at radius 3 is 2.31 bits per heavy atom. The van der Waals surface area contributed by atoms with Crippen molar-refractivity contribution in [1.29, 1.82) is 0 Å². The third kappa shape index (κ3) is 5.68. The highest BCUT2D eigenvalue weighted by atomic mass is 16.2. The Kier molecular flexibility index (Phi) is 6.42. The number of nitrogens with zero attached hydrogens (tertiary/aromatic N) is 2. The lowest BCUT2D eigenvalue weighted by Crippen LogP contribution is -2.36. The van der Waals surface area contributed by atoms with Gasteiger partial charge in [-0.25, -0.2) is 0 Å². The molecule has 0 aliphatic carbocycles. The summed E-state index contributed by atoms with van der Waals surface area (Å²) in [6.45, 7) is 9.57. The quantitative estimate of drug-likeness (QED) is 0.896. The van der Waals surface area contributed by atoms with Crippen LogP contribution in [0, 0.1) is 13.8 Å². The number of amides is 1. The monoisotopic (exact) mass is 351 g/mol. The molecule has 138 valence electrons. The van der Waals surface area contributed by atoms with Gasteiger partial charge in [0, 0.05) is 25.3 Å². The van der Waals surface area contributed by atoms with Crippen LogP contribution in [0.25, 0.3) is 0 Å². The highest BCUT2D eigenvalue weighted by Gasteiger charge is 2.17. The standard InChI is InChI=1S/C22H29N3O/c1-18-13-19(2)15-21(14-18)23-22(26)17-25-10-6-9-24(11-12-25)16-20-7-4-3-5-8-20/h3-5,7-8,13-15H,6,9-12,16-17H2,1-2H3,(H,23,26). The molecule has 0 saturated carbocycles. The van der Waals surface area contributed by atoms with Gasteiger partial charge in [0.15, 0.2) is 0 Å². The predicted octanol–water partition coefficient (Wildman–Crippen LogP) is 3.45. The maximum absolute atomic E-state index is 12.4. The molecule has 0 aromatic heterocycles. The number of anilines is 1. The van der Waals surface area contributed by atoms with Gasteiger partial charge < -0.3 is 5.32 Å². The van der Waals surface area contributed by atoms with E-state index in [2.05, 4.69) is 65.4 Å². The van der Waals surface area contributed by atoms with E-state index < -0.39 is 0 Å². The van der Waals surface area contributed by atoms with Gasteiger partial charge in [-0.2, -0.15) is 0 Å². The molecule has 1 aliphatic rings. The van der Waals surface area contributed by atoms with Crippen LogP contribution in [-0.4, -0.2) is 48.4 Å². The Labute approximate surface area is 156 Å². The number of carbonyl (C=O) groups excluding carboxylic acids is 1. The minimum absolute atomic E-state index is 0.0755. The van der Waals surface area contributed by atoms with Gasteiger partial charge in [0.05, 0.1) is 6.54 Å². The van der Waals surface area contributed by atoms with E-state index in [0.717, 1.165) is 44.8 Å². The number of carbonyl (C=O) groups is 1. The molecule has 1 N–H and O–H groups in total. The topological polar surface area (TPSA) is 35.6 Å². The van der Waals surface area contributed by atoms with Crippen molar-refractivity contribution < 1.29 is 4.79 Å². The Bertz CT molecular complexity index is 709. The van der Waals surface area contributed by atoms with E-state index in [4.69, 9.17) is 0 Å². The maximum Gasteiger partial charge on any atom is 0.238 e. The zero-order valence-electron chi connectivity index (χ0n) is 15.9. The molecule has 0 radical (unpaired) electrons. The smallest absolute Gasteiger partial charge is 0.238 e. The first kappa shape index (κ1) is 18.6. The number of aryl methyl sites for hydroxylation is 2. The van der Waals surface area contributed by atoms with Crippen LogP contribution < -0.4 is 5.32 Å². The van der Waals surface area contributed by atoms with Crippen LogP contribution in [0.2, 0.25) is 0 Å². The van der Waals surface area contributed by atoms with Crippen LogP contribution in [-0.2, 0) is 11.3 Å². The van der Waals surface area contributed by atoms with Crippen LogP contribution in [0.4, 0.5) is 5.69 Å². The molecule has 1 aliphatic heterocycles. The Morgan fingerprint density at radius 2 is 1.58 bits per heavy atom. The summed E-state index contributed by atoms with van der Waals surface area (Å²) in [7, 11) is 0. The van der Waals surface area contributed by atoms with E-state index in [9.17, 15) is 4.79 Å². The molecule has 26 heavy (non-hydrogen) atoms. The van der Waals surface area contributed by atoms with Crippen LogP contribution in [0.15, 0.2) is 48.5 Å². The molecule has 1 saturated heterocycles. The molecule has 2 aromatic carbocycles. The number of hydrogen-bond acceptors (Lipinski definition) is 3. The number of hydrogen-bond donors (Lipinski definition) is 1. The van der Waals surface area contributed by atoms with Gasteiger partial charge in [0.1, 0.15) is 0 Å². The predicted molar refractivity (Wildman–Crippen MR) is 107 cm³/mol. The summed E-state index contributed by atoms with van der Waals surface area (Å²) < 4.78 is 0. The molecular weight excluding hydrogens is 322 g/mol. The van der Waals surface area contributed by atoms with Crippen molar-refractivity contribution in [1.82, 2.24) is 9.80 Å². The summed E-state index contributed by atoms with van der Waals surface area (Å²) in [6.07, 6.45) is 1.10. The number of benzene rings is 2. The van der Waals surface area contributed by atoms with Crippen LogP contribution in [0.5, 0.6) is 0 Å². The fraction of sp³-hybridized carbons (Fsp3) is 0.409. The molecule has 1 heterocycles. The third-order valence-electron chi connectivity index (χ3n) is 4.80. The van der Waals surface area contributed by atoms with Crippen molar-refractivity contribution >= 4 is 11.6 Å². The van der Waals surface area contributed by atoms with Gasteiger partial charge in [-0.15, -0.1) is 0 Å². The van der Waals surface area contributed by atoms with E-state index in [0.29, 0.717) is 6.54 Å². The molecule has 0 bridgehead atoms. The number of nitrogens with one attached hydrogen (secondary N) is 1. The fourth-order valence-electron chi connectivity index (χ4n) is 3.63. The summed E-state index contributed by atoms with van der Waals surface area (Å²) in [5, 5.41) is 3.05. The van der Waals surface area contributed by atoms with Gasteiger partial charge in [0.2, 0.25) is 5.91 Å². The molecule has 0 atom stereocenters. The lowest BCUT2D eigenvalue weighted by Gasteiger charge is -2.21. The molecule has 2 aromatic rings. The second-order valence-electron chi connectivity index (χ2n) is 7.32. The van der Waals surface area contributed by atoms with Gasteiger partial charge >= 0.3 is 0 Å². The molecule has 3 rings (SSSR count). The third-order valence-corrected chi connectivity index (χ3v) is 4.80. The molecule has 4 nitrogen and oxygen atoms in total. The van der Waals surface area contributed by atoms with Crippen molar-refractivity contribution in [3.63, 3.8) is 0 Å². The van der Waals surface area contributed by atoms with E-state index in [1.54, 1.807) is 0 Å². The van der Waals surface area contributed by atoms with Crippen molar-refractivity contribution in [2.75, 3.05) is 38.0 Å². The average molecular weight is 351 g/mol. The zero-order chi connectivity index (χ0) is 18.4. The van der Waals surface area contributed by atoms with Crippen LogP contribution in [0.3, 0.4) is 0 Å². The largest absolute Gasteiger partial charge is 0.325 e. The van der Waals surface area contributed by atoms with Gasteiger partial charge in [0.25, 0.3) is 0 Å². The molecule has 0 spiro atoms. The fourth-order valence-corrected chi connectivity index (χ4v) is 3.63. The van der Waals surface area contributed by atoms with Crippen molar-refractivity contribution in [3.8, 4) is 0 Å². The van der Waals surface area contributed by atoms with Crippen LogP contribution >= 0.6 is 0 Å². The highest BCUT2D eigenvalue weighted by Crippen LogP contribution is 2.14. The minimum Gasteiger partial charge on any atom is -0.325 e. The number of rotatable bonds is 5. The molecule has 4 heteroatoms. The highest BCUT2D eigenvalue weighted by molar-refractivity contribution is 5.92. The first-order chi connectivity index (χ1) is 12.6. The Morgan fingerprint density at radius 1 is 0.923 bits per heavy atom. The van der Waals surface area contributed by atoms with E-state index in [1.807, 2.05) is 12.1 Å².